The van der Waals surface area contributed by atoms with Crippen LogP contribution in [-0.2, 0) is 12.0 Å². The molecule has 2 amide bonds. The van der Waals surface area contributed by atoms with Crippen LogP contribution < -0.4 is 10.6 Å². The van der Waals surface area contributed by atoms with Crippen LogP contribution in [0.2, 0.25) is 0 Å². The van der Waals surface area contributed by atoms with Crippen molar-refractivity contribution in [2.24, 2.45) is 0 Å². The summed E-state index contributed by atoms with van der Waals surface area (Å²) in [6.45, 7) is 6.86. The number of aromatic nitrogens is 1. The molecule has 2 N–H and O–H groups in total. The molecule has 1 aliphatic heterocycles. The average Bonchev–Trinajstić information content (AvgIpc) is 2.15. The Morgan fingerprint density at radius 3 is 2.80 bits per heavy atom. The van der Waals surface area contributed by atoms with Crippen molar-refractivity contribution in [2.45, 2.75) is 32.7 Å². The number of hydrogen-bond acceptors (Lipinski definition) is 2. The molecule has 1 aliphatic rings. The zero-order valence-electron chi connectivity index (χ0n) is 9.22. The molecule has 0 radical (unpaired) electrons. The predicted octanol–water partition coefficient (Wildman–Crippen LogP) is 2.01. The van der Waals surface area contributed by atoms with E-state index in [9.17, 15) is 4.79 Å². The highest BCUT2D eigenvalue weighted by Crippen LogP contribution is 2.26. The Morgan fingerprint density at radius 1 is 1.40 bits per heavy atom. The molecule has 0 atom stereocenters. The fourth-order valence-corrected chi connectivity index (χ4v) is 1.49. The third-order valence-electron chi connectivity index (χ3n) is 2.44. The van der Waals surface area contributed by atoms with E-state index in [0.29, 0.717) is 6.54 Å². The van der Waals surface area contributed by atoms with Crippen LogP contribution >= 0.6 is 0 Å². The van der Waals surface area contributed by atoms with Gasteiger partial charge in [-0.25, -0.2) is 4.79 Å². The van der Waals surface area contributed by atoms with Gasteiger partial charge < -0.3 is 10.6 Å². The Labute approximate surface area is 89.1 Å². The molecule has 15 heavy (non-hydrogen) atoms. The van der Waals surface area contributed by atoms with Crippen molar-refractivity contribution in [3.63, 3.8) is 0 Å². The number of rotatable bonds is 0. The topological polar surface area (TPSA) is 54.0 Å². The van der Waals surface area contributed by atoms with Crippen molar-refractivity contribution in [1.82, 2.24) is 10.3 Å². The summed E-state index contributed by atoms with van der Waals surface area (Å²) in [4.78, 5) is 15.5. The summed E-state index contributed by atoms with van der Waals surface area (Å²) >= 11 is 0. The summed E-state index contributed by atoms with van der Waals surface area (Å²) in [5, 5.41) is 5.49. The summed E-state index contributed by atoms with van der Waals surface area (Å²) in [5.41, 5.74) is 2.90. The van der Waals surface area contributed by atoms with Crippen molar-refractivity contribution in [1.29, 1.82) is 0 Å². The molecule has 2 rings (SSSR count). The largest absolute Gasteiger partial charge is 0.334 e. The van der Waals surface area contributed by atoms with Crippen LogP contribution in [0, 0.1) is 0 Å². The van der Waals surface area contributed by atoms with Gasteiger partial charge in [-0.05, 0) is 6.07 Å². The highest BCUT2D eigenvalue weighted by molar-refractivity contribution is 5.92. The Kier molecular flexibility index (Phi) is 2.14. The van der Waals surface area contributed by atoms with Crippen LogP contribution in [0.3, 0.4) is 0 Å². The molecular weight excluding hydrogens is 190 g/mol. The van der Waals surface area contributed by atoms with Gasteiger partial charge in [0, 0.05) is 29.4 Å². The lowest BCUT2D eigenvalue weighted by molar-refractivity contribution is 0.251. The number of fused-ring (bicyclic) bond motifs is 1. The van der Waals surface area contributed by atoms with Crippen LogP contribution in [0.15, 0.2) is 12.3 Å². The van der Waals surface area contributed by atoms with Gasteiger partial charge >= 0.3 is 6.03 Å². The number of carbonyl (C=O) groups is 1. The first kappa shape index (κ1) is 9.96. The number of nitrogens with one attached hydrogen (secondary N) is 2. The van der Waals surface area contributed by atoms with E-state index < -0.39 is 0 Å². The Bertz CT molecular complexity index is 407. The minimum absolute atomic E-state index is 0.00460. The zero-order chi connectivity index (χ0) is 11.1. The maximum Gasteiger partial charge on any atom is 0.319 e. The zero-order valence-corrected chi connectivity index (χ0v) is 9.22. The second-order valence-corrected chi connectivity index (χ2v) is 4.78. The molecular formula is C11H15N3O. The lowest BCUT2D eigenvalue weighted by Crippen LogP contribution is -2.33. The minimum atomic E-state index is -0.145. The number of urea groups is 1. The molecule has 1 aromatic rings. The Balaban J connectivity index is 2.41. The van der Waals surface area contributed by atoms with Gasteiger partial charge in [0.1, 0.15) is 0 Å². The van der Waals surface area contributed by atoms with E-state index in [4.69, 9.17) is 0 Å². The maximum atomic E-state index is 11.1. The van der Waals surface area contributed by atoms with Gasteiger partial charge in [-0.2, -0.15) is 0 Å². The van der Waals surface area contributed by atoms with Crippen LogP contribution in [0.1, 0.15) is 32.0 Å². The highest BCUT2D eigenvalue weighted by atomic mass is 16.2. The third kappa shape index (κ3) is 1.93. The quantitative estimate of drug-likeness (QED) is 0.680. The number of pyridine rings is 1. The SMILES string of the molecule is CC(C)(C)c1cc2c(cn1)CNC(=O)N2. The normalized spacial score (nSPS) is 15.3. The molecule has 4 heteroatoms. The van der Waals surface area contributed by atoms with Gasteiger partial charge in [-0.3, -0.25) is 4.98 Å². The summed E-state index contributed by atoms with van der Waals surface area (Å²) < 4.78 is 0. The minimum Gasteiger partial charge on any atom is -0.334 e. The molecule has 0 unspecified atom stereocenters. The highest BCUT2D eigenvalue weighted by Gasteiger charge is 2.20. The van der Waals surface area contributed by atoms with E-state index in [1.54, 1.807) is 0 Å². The van der Waals surface area contributed by atoms with Crippen LogP contribution in [0.4, 0.5) is 10.5 Å². The van der Waals surface area contributed by atoms with E-state index in [0.717, 1.165) is 16.9 Å². The van der Waals surface area contributed by atoms with Crippen molar-refractivity contribution in [2.75, 3.05) is 5.32 Å². The van der Waals surface area contributed by atoms with Crippen molar-refractivity contribution in [3.8, 4) is 0 Å². The molecule has 0 aromatic carbocycles. The van der Waals surface area contributed by atoms with Crippen molar-refractivity contribution >= 4 is 11.7 Å². The van der Waals surface area contributed by atoms with Crippen LogP contribution in [-0.4, -0.2) is 11.0 Å². The molecule has 0 fully saturated rings. The average molecular weight is 205 g/mol. The van der Waals surface area contributed by atoms with E-state index in [1.165, 1.54) is 0 Å². The van der Waals surface area contributed by atoms with Gasteiger partial charge in [-0.1, -0.05) is 20.8 Å². The van der Waals surface area contributed by atoms with Gasteiger partial charge in [0.15, 0.2) is 0 Å². The van der Waals surface area contributed by atoms with Crippen molar-refractivity contribution < 1.29 is 4.79 Å². The Morgan fingerprint density at radius 2 is 2.13 bits per heavy atom. The van der Waals surface area contributed by atoms with Gasteiger partial charge in [-0.15, -0.1) is 0 Å². The summed E-state index contributed by atoms with van der Waals surface area (Å²) in [6, 6.07) is 1.81. The first-order valence-corrected chi connectivity index (χ1v) is 5.01. The van der Waals surface area contributed by atoms with E-state index in [2.05, 4.69) is 36.4 Å². The van der Waals surface area contributed by atoms with Crippen molar-refractivity contribution in [3.05, 3.63) is 23.5 Å². The lowest BCUT2D eigenvalue weighted by atomic mass is 9.91. The molecule has 0 saturated carbocycles. The lowest BCUT2D eigenvalue weighted by Gasteiger charge is -2.22. The third-order valence-corrected chi connectivity index (χ3v) is 2.44. The summed E-state index contributed by atoms with van der Waals surface area (Å²) in [6.07, 6.45) is 1.82. The van der Waals surface area contributed by atoms with Gasteiger partial charge in [0.05, 0.1) is 5.69 Å². The molecule has 0 aliphatic carbocycles. The van der Waals surface area contributed by atoms with Crippen LogP contribution in [0.25, 0.3) is 0 Å². The first-order valence-electron chi connectivity index (χ1n) is 5.01. The second kappa shape index (κ2) is 3.22. The summed E-state index contributed by atoms with van der Waals surface area (Å²) in [5.74, 6) is 0. The predicted molar refractivity (Wildman–Crippen MR) is 58.8 cm³/mol. The fourth-order valence-electron chi connectivity index (χ4n) is 1.49. The monoisotopic (exact) mass is 205 g/mol. The standard InChI is InChI=1S/C11H15N3O/c1-11(2,3)9-4-8-7(5-12-9)6-13-10(15)14-8/h4-5H,6H2,1-3H3,(H2,13,14,15). The molecule has 4 nitrogen and oxygen atoms in total. The van der Waals surface area contributed by atoms with Crippen LogP contribution in [0.5, 0.6) is 0 Å². The van der Waals surface area contributed by atoms with Gasteiger partial charge in [0.2, 0.25) is 0 Å². The Hall–Kier alpha value is -1.58. The first-order chi connectivity index (χ1) is 6.97. The number of amides is 2. The molecule has 0 spiro atoms. The number of carbonyl (C=O) groups excluding carboxylic acids is 1. The molecule has 80 valence electrons. The second-order valence-electron chi connectivity index (χ2n) is 4.78. The fraction of sp³-hybridized carbons (Fsp3) is 0.455. The number of nitrogens with zero attached hydrogens (tertiary/aromatic N) is 1. The maximum absolute atomic E-state index is 11.1. The molecule has 0 bridgehead atoms. The summed E-state index contributed by atoms with van der Waals surface area (Å²) in [7, 11) is 0. The van der Waals surface area contributed by atoms with Gasteiger partial charge in [0.25, 0.3) is 0 Å². The smallest absolute Gasteiger partial charge is 0.319 e. The van der Waals surface area contributed by atoms with E-state index in [-0.39, 0.29) is 11.4 Å². The number of hydrogen-bond donors (Lipinski definition) is 2. The van der Waals surface area contributed by atoms with E-state index >= 15 is 0 Å². The van der Waals surface area contributed by atoms with E-state index in [1.807, 2.05) is 12.3 Å². The molecule has 1 aromatic heterocycles. The molecule has 2 heterocycles. The number of anilines is 1. The molecule has 0 saturated heterocycles.